The van der Waals surface area contributed by atoms with E-state index in [1.807, 2.05) is 30.1 Å². The molecule has 1 amide bonds. The van der Waals surface area contributed by atoms with Crippen molar-refractivity contribution in [2.45, 2.75) is 32.1 Å². The predicted octanol–water partition coefficient (Wildman–Crippen LogP) is 3.55. The highest BCUT2D eigenvalue weighted by atomic mass is 35.5. The quantitative estimate of drug-likeness (QED) is 0.793. The summed E-state index contributed by atoms with van der Waals surface area (Å²) in [5, 5.41) is 3.80. The van der Waals surface area contributed by atoms with E-state index in [9.17, 15) is 4.79 Å². The van der Waals surface area contributed by atoms with Crippen LogP contribution >= 0.6 is 24.0 Å². The number of halogens is 2. The minimum atomic E-state index is 0. The van der Waals surface area contributed by atoms with Crippen molar-refractivity contribution in [3.8, 4) is 5.75 Å². The Morgan fingerprint density at radius 1 is 1.38 bits per heavy atom. The molecular formula is C18H28Cl2N2O2. The van der Waals surface area contributed by atoms with Crippen LogP contribution in [0.5, 0.6) is 5.75 Å². The van der Waals surface area contributed by atoms with E-state index in [2.05, 4.69) is 5.32 Å². The molecule has 0 radical (unpaired) electrons. The topological polar surface area (TPSA) is 41.6 Å². The van der Waals surface area contributed by atoms with E-state index >= 15 is 0 Å². The van der Waals surface area contributed by atoms with Crippen LogP contribution in [0, 0.1) is 5.92 Å². The molecule has 1 aromatic rings. The van der Waals surface area contributed by atoms with Gasteiger partial charge in [0.25, 0.3) is 0 Å². The zero-order valence-corrected chi connectivity index (χ0v) is 16.1. The molecule has 24 heavy (non-hydrogen) atoms. The van der Waals surface area contributed by atoms with Crippen molar-refractivity contribution in [3.05, 3.63) is 28.8 Å². The van der Waals surface area contributed by atoms with Crippen molar-refractivity contribution >= 4 is 29.9 Å². The Kier molecular flexibility index (Phi) is 9.49. The van der Waals surface area contributed by atoms with E-state index in [0.29, 0.717) is 17.2 Å². The first-order valence-corrected chi connectivity index (χ1v) is 8.76. The van der Waals surface area contributed by atoms with Crippen molar-refractivity contribution in [1.82, 2.24) is 10.2 Å². The van der Waals surface area contributed by atoms with Gasteiger partial charge in [0.05, 0.1) is 12.1 Å². The van der Waals surface area contributed by atoms with Crippen LogP contribution in [0.2, 0.25) is 5.02 Å². The lowest BCUT2D eigenvalue weighted by Gasteiger charge is -2.32. The second-order valence-electron chi connectivity index (χ2n) is 6.19. The fourth-order valence-corrected chi connectivity index (χ4v) is 3.37. The Balaban J connectivity index is 0.00000288. The molecule has 6 heteroatoms. The monoisotopic (exact) mass is 374 g/mol. The van der Waals surface area contributed by atoms with Gasteiger partial charge in [-0.3, -0.25) is 4.79 Å². The molecule has 1 aliphatic rings. The summed E-state index contributed by atoms with van der Waals surface area (Å²) >= 11 is 6.13. The number of carbonyl (C=O) groups excluding carboxylic acids is 1. The Bertz CT molecular complexity index is 518. The van der Waals surface area contributed by atoms with Crippen molar-refractivity contribution in [3.63, 3.8) is 0 Å². The maximum atomic E-state index is 12.4. The van der Waals surface area contributed by atoms with Crippen LogP contribution in [0.1, 0.15) is 31.2 Å². The fourth-order valence-electron chi connectivity index (χ4n) is 3.09. The number of methoxy groups -OCH3 is 1. The standard InChI is InChI=1S/C18H27ClN2O2.ClH/c1-20-10-7-14-8-11-21(12-9-14)18(22)6-4-15-3-5-17(23-2)16(19)13-15;/h3,5,13-14,20H,4,6-12H2,1-2H3;1H. The molecule has 0 spiro atoms. The van der Waals surface area contributed by atoms with Crippen LogP contribution in [0.3, 0.4) is 0 Å². The number of piperidine rings is 1. The summed E-state index contributed by atoms with van der Waals surface area (Å²) in [5.74, 6) is 1.68. The van der Waals surface area contributed by atoms with Crippen LogP contribution < -0.4 is 10.1 Å². The molecule has 4 nitrogen and oxygen atoms in total. The molecule has 0 aromatic heterocycles. The van der Waals surface area contributed by atoms with Gasteiger partial charge in [-0.1, -0.05) is 17.7 Å². The van der Waals surface area contributed by atoms with Crippen LogP contribution in [0.25, 0.3) is 0 Å². The molecule has 0 bridgehead atoms. The van der Waals surface area contributed by atoms with E-state index in [1.54, 1.807) is 7.11 Å². The average Bonchev–Trinajstić information content (AvgIpc) is 2.58. The lowest BCUT2D eigenvalue weighted by Crippen LogP contribution is -2.39. The Morgan fingerprint density at radius 3 is 2.67 bits per heavy atom. The van der Waals surface area contributed by atoms with Gasteiger partial charge < -0.3 is 15.0 Å². The van der Waals surface area contributed by atoms with Crippen molar-refractivity contribution < 1.29 is 9.53 Å². The van der Waals surface area contributed by atoms with Gasteiger partial charge in [0.2, 0.25) is 5.91 Å². The first kappa shape index (κ1) is 21.1. The molecule has 2 rings (SSSR count). The molecule has 1 aromatic carbocycles. The summed E-state index contributed by atoms with van der Waals surface area (Å²) in [4.78, 5) is 14.4. The fraction of sp³-hybridized carbons (Fsp3) is 0.611. The lowest BCUT2D eigenvalue weighted by atomic mass is 9.93. The number of amides is 1. The van der Waals surface area contributed by atoms with Crippen LogP contribution in [-0.2, 0) is 11.2 Å². The Labute approximate surface area is 156 Å². The first-order chi connectivity index (χ1) is 11.1. The third-order valence-corrected chi connectivity index (χ3v) is 4.91. The van der Waals surface area contributed by atoms with Gasteiger partial charge in [-0.2, -0.15) is 0 Å². The minimum absolute atomic E-state index is 0. The van der Waals surface area contributed by atoms with Crippen LogP contribution in [-0.4, -0.2) is 44.6 Å². The molecule has 1 fully saturated rings. The average molecular weight is 375 g/mol. The molecular weight excluding hydrogens is 347 g/mol. The van der Waals surface area contributed by atoms with E-state index in [4.69, 9.17) is 16.3 Å². The molecule has 1 N–H and O–H groups in total. The summed E-state index contributed by atoms with van der Waals surface area (Å²) in [6.07, 6.45) is 4.73. The van der Waals surface area contributed by atoms with Gasteiger partial charge in [0.15, 0.2) is 0 Å². The van der Waals surface area contributed by atoms with Crippen molar-refractivity contribution in [1.29, 1.82) is 0 Å². The van der Waals surface area contributed by atoms with Gasteiger partial charge in [0.1, 0.15) is 5.75 Å². The summed E-state index contributed by atoms with van der Waals surface area (Å²) < 4.78 is 5.15. The maximum Gasteiger partial charge on any atom is 0.222 e. The van der Waals surface area contributed by atoms with Gasteiger partial charge >= 0.3 is 0 Å². The smallest absolute Gasteiger partial charge is 0.222 e. The third kappa shape index (κ3) is 6.15. The van der Waals surface area contributed by atoms with Crippen molar-refractivity contribution in [2.75, 3.05) is 33.8 Å². The second kappa shape index (κ2) is 10.8. The molecule has 0 aliphatic carbocycles. The highest BCUT2D eigenvalue weighted by Gasteiger charge is 2.22. The third-order valence-electron chi connectivity index (χ3n) is 4.61. The maximum absolute atomic E-state index is 12.4. The van der Waals surface area contributed by atoms with E-state index in [1.165, 1.54) is 6.42 Å². The predicted molar refractivity (Wildman–Crippen MR) is 101 cm³/mol. The number of nitrogens with zero attached hydrogens (tertiary/aromatic N) is 1. The second-order valence-corrected chi connectivity index (χ2v) is 6.59. The molecule has 0 saturated carbocycles. The van der Waals surface area contributed by atoms with Gasteiger partial charge in [-0.15, -0.1) is 12.4 Å². The number of benzene rings is 1. The Morgan fingerprint density at radius 2 is 2.08 bits per heavy atom. The number of hydrogen-bond donors (Lipinski definition) is 1. The zero-order chi connectivity index (χ0) is 16.7. The number of rotatable bonds is 7. The normalized spacial score (nSPS) is 15.0. The number of ether oxygens (including phenoxy) is 1. The molecule has 0 unspecified atom stereocenters. The van der Waals surface area contributed by atoms with Gasteiger partial charge in [0, 0.05) is 19.5 Å². The molecule has 1 saturated heterocycles. The number of carbonyl (C=O) groups is 1. The summed E-state index contributed by atoms with van der Waals surface area (Å²) in [7, 11) is 3.59. The van der Waals surface area contributed by atoms with Gasteiger partial charge in [-0.25, -0.2) is 0 Å². The number of likely N-dealkylation sites (tertiary alicyclic amines) is 1. The SMILES string of the molecule is CNCCC1CCN(C(=O)CCc2ccc(OC)c(Cl)c2)CC1.Cl. The zero-order valence-electron chi connectivity index (χ0n) is 14.5. The van der Waals surface area contributed by atoms with Crippen molar-refractivity contribution in [2.24, 2.45) is 5.92 Å². The van der Waals surface area contributed by atoms with E-state index in [0.717, 1.165) is 50.4 Å². The van der Waals surface area contributed by atoms with Crippen LogP contribution in [0.15, 0.2) is 18.2 Å². The molecule has 0 atom stereocenters. The molecule has 1 heterocycles. The Hall–Kier alpha value is -0.970. The summed E-state index contributed by atoms with van der Waals surface area (Å²) in [6, 6.07) is 5.72. The summed E-state index contributed by atoms with van der Waals surface area (Å²) in [5.41, 5.74) is 1.08. The first-order valence-electron chi connectivity index (χ1n) is 8.38. The minimum Gasteiger partial charge on any atom is -0.495 e. The summed E-state index contributed by atoms with van der Waals surface area (Å²) in [6.45, 7) is 2.87. The lowest BCUT2D eigenvalue weighted by molar-refractivity contribution is -0.132. The molecule has 1 aliphatic heterocycles. The van der Waals surface area contributed by atoms with Crippen LogP contribution in [0.4, 0.5) is 0 Å². The largest absolute Gasteiger partial charge is 0.495 e. The number of hydrogen-bond acceptors (Lipinski definition) is 3. The van der Waals surface area contributed by atoms with E-state index in [-0.39, 0.29) is 18.3 Å². The number of aryl methyl sites for hydroxylation is 1. The number of nitrogens with one attached hydrogen (secondary N) is 1. The van der Waals surface area contributed by atoms with E-state index < -0.39 is 0 Å². The highest BCUT2D eigenvalue weighted by Crippen LogP contribution is 2.26. The molecule has 136 valence electrons. The highest BCUT2D eigenvalue weighted by molar-refractivity contribution is 6.32. The van der Waals surface area contributed by atoms with Gasteiger partial charge in [-0.05, 0) is 62.9 Å².